The van der Waals surface area contributed by atoms with Crippen LogP contribution in [0.4, 0.5) is 0 Å². The molecule has 3 atom stereocenters. The van der Waals surface area contributed by atoms with Crippen LogP contribution in [0.3, 0.4) is 0 Å². The Hall–Kier alpha value is 0.0500. The minimum absolute atomic E-state index is 0.753. The molecule has 3 unspecified atom stereocenters. The predicted octanol–water partition coefficient (Wildman–Crippen LogP) is 3.96. The van der Waals surface area contributed by atoms with Gasteiger partial charge >= 0.3 is 0 Å². The summed E-state index contributed by atoms with van der Waals surface area (Å²) >= 11 is 1.97. The first kappa shape index (κ1) is 15.1. The summed E-state index contributed by atoms with van der Waals surface area (Å²) in [4.78, 5) is 0. The number of nitrogens with one attached hydrogen (secondary N) is 1. The molecule has 1 fully saturated rings. The van der Waals surface area contributed by atoms with Crippen molar-refractivity contribution in [1.29, 1.82) is 0 Å². The molecule has 1 rings (SSSR count). The third-order valence-corrected chi connectivity index (χ3v) is 4.88. The zero-order chi connectivity index (χ0) is 12.7. The average Bonchev–Trinajstić information content (AvgIpc) is 2.28. The van der Waals surface area contributed by atoms with Crippen LogP contribution in [0.2, 0.25) is 0 Å². The maximum atomic E-state index is 3.79. The Bertz CT molecular complexity index is 215. The molecule has 0 spiro atoms. The predicted molar refractivity (Wildman–Crippen MR) is 80.7 cm³/mol. The van der Waals surface area contributed by atoms with Gasteiger partial charge in [0, 0.05) is 24.1 Å². The fraction of sp³-hybridized carbons (Fsp3) is 0.867. The molecule has 17 heavy (non-hydrogen) atoms. The molecular weight excluding hydrogens is 226 g/mol. The highest BCUT2D eigenvalue weighted by Gasteiger charge is 2.29. The Morgan fingerprint density at radius 1 is 1.41 bits per heavy atom. The van der Waals surface area contributed by atoms with Crippen LogP contribution < -0.4 is 5.32 Å². The van der Waals surface area contributed by atoms with Crippen LogP contribution in [-0.2, 0) is 0 Å². The summed E-state index contributed by atoms with van der Waals surface area (Å²) in [5, 5.41) is 3.79. The summed E-state index contributed by atoms with van der Waals surface area (Å²) in [7, 11) is 0. The SMILES string of the molecule is C=CCSCCNC1CC(C)CCC1C(C)C. The largest absolute Gasteiger partial charge is 0.313 e. The van der Waals surface area contributed by atoms with Crippen molar-refractivity contribution in [1.82, 2.24) is 5.32 Å². The van der Waals surface area contributed by atoms with Crippen molar-refractivity contribution >= 4 is 11.8 Å². The van der Waals surface area contributed by atoms with E-state index in [2.05, 4.69) is 32.7 Å². The normalized spacial score (nSPS) is 29.5. The molecule has 0 saturated heterocycles. The van der Waals surface area contributed by atoms with E-state index < -0.39 is 0 Å². The summed E-state index contributed by atoms with van der Waals surface area (Å²) in [5.41, 5.74) is 0. The van der Waals surface area contributed by atoms with E-state index in [0.29, 0.717) is 0 Å². The first-order valence-electron chi connectivity index (χ1n) is 7.07. The Balaban J connectivity index is 2.28. The van der Waals surface area contributed by atoms with Crippen molar-refractivity contribution < 1.29 is 0 Å². The molecule has 0 bridgehead atoms. The standard InChI is InChI=1S/C15H29NS/c1-5-9-17-10-8-16-15-11-13(4)6-7-14(15)12(2)3/h5,12-16H,1,6-11H2,2-4H3. The summed E-state index contributed by atoms with van der Waals surface area (Å²) in [6, 6.07) is 0.753. The van der Waals surface area contributed by atoms with Crippen LogP contribution in [0.25, 0.3) is 0 Å². The molecule has 0 aliphatic heterocycles. The topological polar surface area (TPSA) is 12.0 Å². The van der Waals surface area contributed by atoms with Crippen molar-refractivity contribution in [3.63, 3.8) is 0 Å². The fourth-order valence-corrected chi connectivity index (χ4v) is 3.52. The highest BCUT2D eigenvalue weighted by Crippen LogP contribution is 2.33. The number of thioether (sulfide) groups is 1. The van der Waals surface area contributed by atoms with E-state index >= 15 is 0 Å². The number of hydrogen-bond acceptors (Lipinski definition) is 2. The quantitative estimate of drug-likeness (QED) is 0.546. The Morgan fingerprint density at radius 2 is 2.18 bits per heavy atom. The van der Waals surface area contributed by atoms with Crippen molar-refractivity contribution in [2.24, 2.45) is 17.8 Å². The minimum atomic E-state index is 0.753. The van der Waals surface area contributed by atoms with Crippen LogP contribution in [-0.4, -0.2) is 24.1 Å². The van der Waals surface area contributed by atoms with E-state index in [1.165, 1.54) is 25.0 Å². The Morgan fingerprint density at radius 3 is 2.82 bits per heavy atom. The lowest BCUT2D eigenvalue weighted by Crippen LogP contribution is -2.43. The van der Waals surface area contributed by atoms with Gasteiger partial charge in [0.05, 0.1) is 0 Å². The summed E-state index contributed by atoms with van der Waals surface area (Å²) in [5.74, 6) is 4.90. The fourth-order valence-electron chi connectivity index (χ4n) is 2.92. The second kappa shape index (κ2) is 8.20. The van der Waals surface area contributed by atoms with Gasteiger partial charge in [0.15, 0.2) is 0 Å². The first-order chi connectivity index (χ1) is 8.15. The van der Waals surface area contributed by atoms with Crippen molar-refractivity contribution in [2.45, 2.75) is 46.1 Å². The zero-order valence-electron chi connectivity index (χ0n) is 11.7. The third kappa shape index (κ3) is 5.48. The molecular formula is C15H29NS. The van der Waals surface area contributed by atoms with Crippen LogP contribution in [0, 0.1) is 17.8 Å². The molecule has 0 radical (unpaired) electrons. The van der Waals surface area contributed by atoms with E-state index in [1.807, 2.05) is 17.8 Å². The zero-order valence-corrected chi connectivity index (χ0v) is 12.6. The summed E-state index contributed by atoms with van der Waals surface area (Å²) < 4.78 is 0. The van der Waals surface area contributed by atoms with E-state index in [9.17, 15) is 0 Å². The molecule has 1 aliphatic carbocycles. The van der Waals surface area contributed by atoms with Crippen molar-refractivity contribution in [3.05, 3.63) is 12.7 Å². The molecule has 2 heteroatoms. The van der Waals surface area contributed by atoms with E-state index in [1.54, 1.807) is 0 Å². The molecule has 0 aromatic rings. The Kier molecular flexibility index (Phi) is 7.29. The van der Waals surface area contributed by atoms with Crippen LogP contribution >= 0.6 is 11.8 Å². The lowest BCUT2D eigenvalue weighted by atomic mass is 9.74. The third-order valence-electron chi connectivity index (χ3n) is 3.91. The summed E-state index contributed by atoms with van der Waals surface area (Å²) in [6.45, 7) is 12.1. The van der Waals surface area contributed by atoms with Gasteiger partial charge in [-0.3, -0.25) is 0 Å². The molecule has 0 amide bonds. The van der Waals surface area contributed by atoms with Gasteiger partial charge in [0.1, 0.15) is 0 Å². The lowest BCUT2D eigenvalue weighted by Gasteiger charge is -2.38. The number of hydrogen-bond donors (Lipinski definition) is 1. The summed E-state index contributed by atoms with van der Waals surface area (Å²) in [6.07, 6.45) is 6.20. The highest BCUT2D eigenvalue weighted by molar-refractivity contribution is 7.99. The smallest absolute Gasteiger partial charge is 0.0111 e. The molecule has 0 aromatic carbocycles. The molecule has 1 saturated carbocycles. The average molecular weight is 255 g/mol. The molecule has 0 aromatic heterocycles. The van der Waals surface area contributed by atoms with Crippen LogP contribution in [0.15, 0.2) is 12.7 Å². The first-order valence-corrected chi connectivity index (χ1v) is 8.22. The van der Waals surface area contributed by atoms with Gasteiger partial charge in [0.2, 0.25) is 0 Å². The monoisotopic (exact) mass is 255 g/mol. The molecule has 1 nitrogen and oxygen atoms in total. The Labute approximate surface area is 112 Å². The second-order valence-electron chi connectivity index (χ2n) is 5.75. The van der Waals surface area contributed by atoms with E-state index in [4.69, 9.17) is 0 Å². The molecule has 0 heterocycles. The minimum Gasteiger partial charge on any atom is -0.313 e. The van der Waals surface area contributed by atoms with Crippen LogP contribution in [0.1, 0.15) is 40.0 Å². The van der Waals surface area contributed by atoms with Gasteiger partial charge in [-0.25, -0.2) is 0 Å². The van der Waals surface area contributed by atoms with Crippen molar-refractivity contribution in [3.8, 4) is 0 Å². The lowest BCUT2D eigenvalue weighted by molar-refractivity contribution is 0.172. The van der Waals surface area contributed by atoms with Gasteiger partial charge in [0.25, 0.3) is 0 Å². The van der Waals surface area contributed by atoms with Gasteiger partial charge in [-0.1, -0.05) is 33.3 Å². The molecule has 100 valence electrons. The van der Waals surface area contributed by atoms with E-state index in [0.717, 1.165) is 36.1 Å². The maximum Gasteiger partial charge on any atom is 0.0111 e. The van der Waals surface area contributed by atoms with Gasteiger partial charge in [-0.05, 0) is 30.6 Å². The molecule has 1 aliphatic rings. The second-order valence-corrected chi connectivity index (χ2v) is 6.90. The van der Waals surface area contributed by atoms with Gasteiger partial charge in [-0.2, -0.15) is 11.8 Å². The maximum absolute atomic E-state index is 3.79. The van der Waals surface area contributed by atoms with Crippen molar-refractivity contribution in [2.75, 3.05) is 18.1 Å². The number of rotatable bonds is 7. The van der Waals surface area contributed by atoms with Gasteiger partial charge < -0.3 is 5.32 Å². The molecule has 1 N–H and O–H groups in total. The van der Waals surface area contributed by atoms with E-state index in [-0.39, 0.29) is 0 Å². The van der Waals surface area contributed by atoms with Crippen LogP contribution in [0.5, 0.6) is 0 Å². The highest BCUT2D eigenvalue weighted by atomic mass is 32.2. The van der Waals surface area contributed by atoms with Gasteiger partial charge in [-0.15, -0.1) is 6.58 Å².